The van der Waals surface area contributed by atoms with E-state index in [0.717, 1.165) is 42.5 Å². The summed E-state index contributed by atoms with van der Waals surface area (Å²) in [6.07, 6.45) is 4.51. The Morgan fingerprint density at radius 3 is 2.76 bits per heavy atom. The van der Waals surface area contributed by atoms with Crippen LogP contribution in [0.3, 0.4) is 0 Å². The van der Waals surface area contributed by atoms with Crippen molar-refractivity contribution in [3.05, 3.63) is 24.0 Å². The van der Waals surface area contributed by atoms with E-state index in [0.29, 0.717) is 17.3 Å². The third-order valence-electron chi connectivity index (χ3n) is 5.83. The van der Waals surface area contributed by atoms with Crippen LogP contribution in [0.5, 0.6) is 0 Å². The first-order chi connectivity index (χ1) is 13.9. The fourth-order valence-corrected chi connectivity index (χ4v) is 4.85. The number of carbonyl (C=O) groups is 1. The second-order valence-corrected chi connectivity index (χ2v) is 8.41. The lowest BCUT2D eigenvalue weighted by molar-refractivity contribution is -0.141. The molecule has 10 heteroatoms. The first-order valence-electron chi connectivity index (χ1n) is 9.72. The third-order valence-corrected chi connectivity index (χ3v) is 6.28. The first-order valence-corrected chi connectivity index (χ1v) is 10.9. The van der Waals surface area contributed by atoms with Crippen LogP contribution in [-0.4, -0.2) is 59.0 Å². The van der Waals surface area contributed by atoms with Crippen molar-refractivity contribution in [1.29, 1.82) is 0 Å². The molecule has 0 unspecified atom stereocenters. The van der Waals surface area contributed by atoms with Gasteiger partial charge in [0.05, 0.1) is 17.9 Å². The number of nitrogens with zero attached hydrogens (tertiary/aromatic N) is 3. The van der Waals surface area contributed by atoms with Gasteiger partial charge in [0.15, 0.2) is 0 Å². The Bertz CT molecular complexity index is 878. The number of pyridine rings is 1. The van der Waals surface area contributed by atoms with Crippen molar-refractivity contribution in [1.82, 2.24) is 19.6 Å². The van der Waals surface area contributed by atoms with Crippen LogP contribution in [0.2, 0.25) is 0 Å². The van der Waals surface area contributed by atoms with E-state index in [2.05, 4.69) is 14.7 Å². The zero-order valence-corrected chi connectivity index (χ0v) is 16.9. The van der Waals surface area contributed by atoms with Crippen LogP contribution in [0.1, 0.15) is 36.0 Å². The van der Waals surface area contributed by atoms with Crippen LogP contribution in [-0.2, 0) is 0 Å². The Kier molecular flexibility index (Phi) is 5.65. The zero-order chi connectivity index (χ0) is 20.6. The summed E-state index contributed by atoms with van der Waals surface area (Å²) in [6.45, 7) is -0.358. The number of alkyl halides is 3. The van der Waals surface area contributed by atoms with E-state index in [1.807, 2.05) is 17.2 Å². The Hall–Kier alpha value is -1.94. The number of anilines is 1. The molecule has 0 spiro atoms. The number of aromatic amines is 1. The van der Waals surface area contributed by atoms with Gasteiger partial charge in [0.25, 0.3) is 5.91 Å². The molecule has 3 heterocycles. The lowest BCUT2D eigenvalue weighted by Crippen LogP contribution is -2.54. The second kappa shape index (κ2) is 8.06. The molecule has 158 valence electrons. The SMILES string of the molecule is CSNC[C@H]1CC[C@H](N2CN(CC(F)(F)F)C(=O)c3cnc4[nH]ccc4c32)CC1. The van der Waals surface area contributed by atoms with Crippen LogP contribution < -0.4 is 9.62 Å². The summed E-state index contributed by atoms with van der Waals surface area (Å²) in [5.41, 5.74) is 1.60. The maximum atomic E-state index is 13.1. The van der Waals surface area contributed by atoms with Crippen LogP contribution in [0.15, 0.2) is 18.5 Å². The Morgan fingerprint density at radius 2 is 2.07 bits per heavy atom. The number of rotatable bonds is 5. The summed E-state index contributed by atoms with van der Waals surface area (Å²) in [5, 5.41) is 0.786. The Balaban J connectivity index is 1.64. The molecule has 1 saturated carbocycles. The molecule has 2 aliphatic rings. The van der Waals surface area contributed by atoms with Crippen molar-refractivity contribution in [2.24, 2.45) is 5.92 Å². The molecule has 0 saturated heterocycles. The van der Waals surface area contributed by atoms with E-state index in [1.54, 1.807) is 18.1 Å². The molecule has 4 rings (SSSR count). The van der Waals surface area contributed by atoms with Crippen molar-refractivity contribution in [3.8, 4) is 0 Å². The van der Waals surface area contributed by atoms with E-state index in [9.17, 15) is 18.0 Å². The van der Waals surface area contributed by atoms with E-state index in [1.165, 1.54) is 6.20 Å². The Labute approximate surface area is 171 Å². The average Bonchev–Trinajstić information content (AvgIpc) is 3.17. The van der Waals surface area contributed by atoms with Crippen molar-refractivity contribution in [3.63, 3.8) is 0 Å². The summed E-state index contributed by atoms with van der Waals surface area (Å²) in [5.74, 6) is -0.0392. The minimum absolute atomic E-state index is 0.0476. The minimum Gasteiger partial charge on any atom is -0.349 e. The predicted molar refractivity (Wildman–Crippen MR) is 108 cm³/mol. The summed E-state index contributed by atoms with van der Waals surface area (Å²) < 4.78 is 42.6. The first kappa shape index (κ1) is 20.3. The number of amides is 1. The molecule has 1 aliphatic carbocycles. The molecule has 2 aromatic rings. The average molecular weight is 427 g/mol. The minimum atomic E-state index is -4.44. The predicted octanol–water partition coefficient (Wildman–Crippen LogP) is 3.77. The van der Waals surface area contributed by atoms with Gasteiger partial charge in [-0.3, -0.25) is 9.52 Å². The molecule has 1 aliphatic heterocycles. The van der Waals surface area contributed by atoms with Gasteiger partial charge in [-0.1, -0.05) is 11.9 Å². The highest BCUT2D eigenvalue weighted by Gasteiger charge is 2.41. The van der Waals surface area contributed by atoms with Gasteiger partial charge in [-0.25, -0.2) is 4.98 Å². The number of halogens is 3. The van der Waals surface area contributed by atoms with E-state index >= 15 is 0 Å². The number of hydrogen-bond donors (Lipinski definition) is 2. The van der Waals surface area contributed by atoms with Gasteiger partial charge in [-0.2, -0.15) is 13.2 Å². The number of nitrogens with one attached hydrogen (secondary N) is 2. The van der Waals surface area contributed by atoms with Crippen molar-refractivity contribution >= 4 is 34.6 Å². The number of aromatic nitrogens is 2. The third kappa shape index (κ3) is 4.18. The number of H-pyrrole nitrogens is 1. The van der Waals surface area contributed by atoms with Gasteiger partial charge in [0.1, 0.15) is 12.2 Å². The van der Waals surface area contributed by atoms with Gasteiger partial charge in [-0.05, 0) is 43.9 Å². The second-order valence-electron chi connectivity index (χ2n) is 7.72. The van der Waals surface area contributed by atoms with Gasteiger partial charge in [-0.15, -0.1) is 0 Å². The Morgan fingerprint density at radius 1 is 1.31 bits per heavy atom. The highest BCUT2D eigenvalue weighted by atomic mass is 32.2. The van der Waals surface area contributed by atoms with Crippen molar-refractivity contribution in [2.75, 3.05) is 30.9 Å². The lowest BCUT2D eigenvalue weighted by Gasteiger charge is -2.45. The number of hydrogen-bond acceptors (Lipinski definition) is 5. The van der Waals surface area contributed by atoms with Gasteiger partial charge < -0.3 is 14.8 Å². The van der Waals surface area contributed by atoms with Crippen LogP contribution in [0.25, 0.3) is 11.0 Å². The zero-order valence-electron chi connectivity index (χ0n) is 16.1. The van der Waals surface area contributed by atoms with Crippen LogP contribution >= 0.6 is 11.9 Å². The fourth-order valence-electron chi connectivity index (χ4n) is 4.45. The lowest BCUT2D eigenvalue weighted by atomic mass is 9.85. The summed E-state index contributed by atoms with van der Waals surface area (Å²) in [4.78, 5) is 23.0. The highest BCUT2D eigenvalue weighted by Crippen LogP contribution is 2.39. The van der Waals surface area contributed by atoms with Crippen LogP contribution in [0.4, 0.5) is 18.9 Å². The molecule has 6 nitrogen and oxygen atoms in total. The van der Waals surface area contributed by atoms with E-state index in [4.69, 9.17) is 0 Å². The van der Waals surface area contributed by atoms with E-state index < -0.39 is 18.6 Å². The smallest absolute Gasteiger partial charge is 0.349 e. The van der Waals surface area contributed by atoms with Gasteiger partial charge in [0, 0.05) is 30.4 Å². The largest absolute Gasteiger partial charge is 0.406 e. The molecule has 0 aromatic carbocycles. The quantitative estimate of drug-likeness (QED) is 0.712. The van der Waals surface area contributed by atoms with Crippen molar-refractivity contribution in [2.45, 2.75) is 37.9 Å². The maximum Gasteiger partial charge on any atom is 0.406 e. The standard InChI is InChI=1S/C19H24F3N5OS/c1-29-25-8-12-2-4-13(5-3-12)27-11-26(10-19(20,21)22)18(28)15-9-24-17-14(16(15)27)6-7-23-17/h6-7,9,12-13,25H,2-5,8,10-11H2,1H3,(H,23,24)/t12-,13-. The molecule has 1 amide bonds. The van der Waals surface area contributed by atoms with E-state index in [-0.39, 0.29) is 18.3 Å². The normalized spacial score (nSPS) is 23.0. The molecule has 1 fully saturated rings. The molecule has 0 atom stereocenters. The van der Waals surface area contributed by atoms with Crippen molar-refractivity contribution < 1.29 is 18.0 Å². The fraction of sp³-hybridized carbons (Fsp3) is 0.579. The summed E-state index contributed by atoms with van der Waals surface area (Å²) >= 11 is 1.60. The van der Waals surface area contributed by atoms with Gasteiger partial charge >= 0.3 is 6.18 Å². The number of carbonyl (C=O) groups excluding carboxylic acids is 1. The monoisotopic (exact) mass is 427 g/mol. The van der Waals surface area contributed by atoms with Crippen LogP contribution in [0, 0.1) is 5.92 Å². The molecular formula is C19H24F3N5OS. The van der Waals surface area contributed by atoms with Gasteiger partial charge in [0.2, 0.25) is 0 Å². The molecule has 2 aromatic heterocycles. The molecule has 0 radical (unpaired) electrons. The molecular weight excluding hydrogens is 403 g/mol. The highest BCUT2D eigenvalue weighted by molar-refractivity contribution is 7.96. The number of fused-ring (bicyclic) bond motifs is 3. The summed E-state index contributed by atoms with van der Waals surface area (Å²) in [6, 6.07) is 1.94. The molecule has 29 heavy (non-hydrogen) atoms. The molecule has 0 bridgehead atoms. The maximum absolute atomic E-state index is 13.1. The topological polar surface area (TPSA) is 64.3 Å². The summed E-state index contributed by atoms with van der Waals surface area (Å²) in [7, 11) is 0. The molecule has 2 N–H and O–H groups in total.